The molecule has 21 heavy (non-hydrogen) atoms. The number of aryl methyl sites for hydroxylation is 1. The Balaban J connectivity index is 2.05. The first-order valence-electron chi connectivity index (χ1n) is 7.33. The van der Waals surface area contributed by atoms with E-state index in [1.165, 1.54) is 5.56 Å². The fourth-order valence-corrected chi connectivity index (χ4v) is 2.85. The van der Waals surface area contributed by atoms with Gasteiger partial charge >= 0.3 is 5.97 Å². The van der Waals surface area contributed by atoms with E-state index in [-0.39, 0.29) is 17.6 Å². The third-order valence-electron chi connectivity index (χ3n) is 3.92. The van der Waals surface area contributed by atoms with Crippen LogP contribution >= 0.6 is 0 Å². The molecule has 1 aliphatic rings. The van der Waals surface area contributed by atoms with Crippen LogP contribution < -0.4 is 4.74 Å². The Hall–Kier alpha value is -2.29. The number of unbranched alkanes of at least 4 members (excludes halogenated alkanes) is 1. The van der Waals surface area contributed by atoms with Crippen LogP contribution in [-0.4, -0.2) is 11.1 Å². The molecular weight excluding hydrogens is 264 g/mol. The van der Waals surface area contributed by atoms with Crippen LogP contribution in [-0.2, 0) is 11.2 Å². The second-order valence-corrected chi connectivity index (χ2v) is 5.38. The molecule has 0 amide bonds. The van der Waals surface area contributed by atoms with Crippen molar-refractivity contribution in [3.63, 3.8) is 0 Å². The van der Waals surface area contributed by atoms with Crippen LogP contribution in [0.1, 0.15) is 42.4 Å². The van der Waals surface area contributed by atoms with Gasteiger partial charge in [0, 0.05) is 5.56 Å². The summed E-state index contributed by atoms with van der Waals surface area (Å²) in [6, 6.07) is 12.6. The summed E-state index contributed by atoms with van der Waals surface area (Å²) < 4.78 is 5.42. The fraction of sp³-hybridized carbons (Fsp3) is 0.278. The van der Waals surface area contributed by atoms with Gasteiger partial charge in [-0.3, -0.25) is 4.79 Å². The van der Waals surface area contributed by atoms with Crippen molar-refractivity contribution in [1.29, 1.82) is 0 Å². The quantitative estimate of drug-likeness (QED) is 0.685. The topological polar surface area (TPSA) is 46.5 Å². The van der Waals surface area contributed by atoms with Gasteiger partial charge in [-0.05, 0) is 42.2 Å². The Bertz CT molecular complexity index is 659. The predicted molar refractivity (Wildman–Crippen MR) is 80.6 cm³/mol. The highest BCUT2D eigenvalue weighted by Gasteiger charge is 2.36. The van der Waals surface area contributed by atoms with Gasteiger partial charge in [-0.1, -0.05) is 37.6 Å². The van der Waals surface area contributed by atoms with E-state index in [0.29, 0.717) is 5.75 Å². The van der Waals surface area contributed by atoms with Gasteiger partial charge in [0.05, 0.1) is 0 Å². The minimum absolute atomic E-state index is 0.199. The first-order chi connectivity index (χ1) is 10.2. The van der Waals surface area contributed by atoms with Crippen molar-refractivity contribution >= 4 is 5.97 Å². The van der Waals surface area contributed by atoms with E-state index in [4.69, 9.17) is 4.74 Å². The fourth-order valence-electron chi connectivity index (χ4n) is 2.85. The monoisotopic (exact) mass is 282 g/mol. The molecule has 2 aromatic rings. The highest BCUT2D eigenvalue weighted by Crippen LogP contribution is 2.41. The van der Waals surface area contributed by atoms with Crippen LogP contribution in [0, 0.1) is 0 Å². The standard InChI is InChI=1S/C18H18O3/c1-2-3-5-12-6-4-7-15-16(12)17(18(20)21-15)13-8-10-14(19)11-9-13/h4,6-11,17,19H,2-3,5H2,1H3. The van der Waals surface area contributed by atoms with Crippen molar-refractivity contribution in [1.82, 2.24) is 0 Å². The van der Waals surface area contributed by atoms with E-state index in [9.17, 15) is 9.90 Å². The van der Waals surface area contributed by atoms with Gasteiger partial charge in [-0.2, -0.15) is 0 Å². The summed E-state index contributed by atoms with van der Waals surface area (Å²) in [5.41, 5.74) is 3.03. The number of benzene rings is 2. The first kappa shape index (κ1) is 13.7. The molecule has 0 saturated heterocycles. The number of rotatable bonds is 4. The maximum atomic E-state index is 12.3. The Kier molecular flexibility index (Phi) is 3.65. The lowest BCUT2D eigenvalue weighted by molar-refractivity contribution is -0.133. The molecule has 1 atom stereocenters. The molecule has 0 saturated carbocycles. The molecule has 0 bridgehead atoms. The van der Waals surface area contributed by atoms with E-state index in [2.05, 4.69) is 13.0 Å². The minimum atomic E-state index is -0.381. The number of carbonyl (C=O) groups excluding carboxylic acids is 1. The van der Waals surface area contributed by atoms with Gasteiger partial charge in [0.2, 0.25) is 0 Å². The number of aromatic hydroxyl groups is 1. The summed E-state index contributed by atoms with van der Waals surface area (Å²) in [4.78, 5) is 12.3. The van der Waals surface area contributed by atoms with Crippen LogP contribution in [0.2, 0.25) is 0 Å². The molecule has 0 aliphatic carbocycles. The highest BCUT2D eigenvalue weighted by molar-refractivity contribution is 5.90. The molecular formula is C18H18O3. The number of esters is 1. The molecule has 1 N–H and O–H groups in total. The van der Waals surface area contributed by atoms with Gasteiger partial charge in [0.25, 0.3) is 0 Å². The summed E-state index contributed by atoms with van der Waals surface area (Å²) in [6.07, 6.45) is 3.15. The third kappa shape index (κ3) is 2.51. The van der Waals surface area contributed by atoms with Crippen molar-refractivity contribution in [2.75, 3.05) is 0 Å². The van der Waals surface area contributed by atoms with E-state index in [0.717, 1.165) is 30.4 Å². The average molecular weight is 282 g/mol. The largest absolute Gasteiger partial charge is 0.508 e. The lowest BCUT2D eigenvalue weighted by Gasteiger charge is -2.12. The second-order valence-electron chi connectivity index (χ2n) is 5.38. The summed E-state index contributed by atoms with van der Waals surface area (Å²) in [5, 5.41) is 9.42. The molecule has 0 aromatic heterocycles. The van der Waals surface area contributed by atoms with E-state index in [1.54, 1.807) is 24.3 Å². The molecule has 3 heteroatoms. The van der Waals surface area contributed by atoms with Gasteiger partial charge in [0.15, 0.2) is 0 Å². The molecule has 1 unspecified atom stereocenters. The van der Waals surface area contributed by atoms with Crippen LogP contribution in [0.4, 0.5) is 0 Å². The van der Waals surface area contributed by atoms with Gasteiger partial charge in [-0.15, -0.1) is 0 Å². The zero-order valence-corrected chi connectivity index (χ0v) is 12.0. The number of ether oxygens (including phenoxy) is 1. The Morgan fingerprint density at radius 3 is 2.62 bits per heavy atom. The smallest absolute Gasteiger partial charge is 0.323 e. The predicted octanol–water partition coefficient (Wildman–Crippen LogP) is 3.79. The molecule has 0 radical (unpaired) electrons. The molecule has 0 spiro atoms. The second kappa shape index (κ2) is 5.60. The van der Waals surface area contributed by atoms with Gasteiger partial charge in [-0.25, -0.2) is 0 Å². The maximum absolute atomic E-state index is 12.3. The molecule has 1 heterocycles. The Morgan fingerprint density at radius 1 is 1.14 bits per heavy atom. The first-order valence-corrected chi connectivity index (χ1v) is 7.33. The normalized spacial score (nSPS) is 16.6. The number of hydrogen-bond donors (Lipinski definition) is 1. The summed E-state index contributed by atoms with van der Waals surface area (Å²) in [6.45, 7) is 2.16. The lowest BCUT2D eigenvalue weighted by atomic mass is 9.87. The molecule has 1 aliphatic heterocycles. The van der Waals surface area contributed by atoms with Gasteiger partial charge in [0.1, 0.15) is 17.4 Å². The van der Waals surface area contributed by atoms with E-state index >= 15 is 0 Å². The zero-order chi connectivity index (χ0) is 14.8. The molecule has 108 valence electrons. The number of hydrogen-bond acceptors (Lipinski definition) is 3. The maximum Gasteiger partial charge on any atom is 0.323 e. The Labute approximate surface area is 124 Å². The van der Waals surface area contributed by atoms with E-state index < -0.39 is 0 Å². The van der Waals surface area contributed by atoms with Crippen molar-refractivity contribution in [2.24, 2.45) is 0 Å². The van der Waals surface area contributed by atoms with Crippen molar-refractivity contribution in [3.8, 4) is 11.5 Å². The number of carbonyl (C=O) groups is 1. The molecule has 2 aromatic carbocycles. The van der Waals surface area contributed by atoms with Crippen LogP contribution in [0.25, 0.3) is 0 Å². The van der Waals surface area contributed by atoms with Crippen LogP contribution in [0.15, 0.2) is 42.5 Å². The van der Waals surface area contributed by atoms with Crippen molar-refractivity contribution in [3.05, 3.63) is 59.2 Å². The zero-order valence-electron chi connectivity index (χ0n) is 12.0. The van der Waals surface area contributed by atoms with Crippen molar-refractivity contribution in [2.45, 2.75) is 32.1 Å². The highest BCUT2D eigenvalue weighted by atomic mass is 16.5. The minimum Gasteiger partial charge on any atom is -0.508 e. The van der Waals surface area contributed by atoms with Gasteiger partial charge < -0.3 is 9.84 Å². The lowest BCUT2D eigenvalue weighted by Crippen LogP contribution is -2.12. The molecule has 3 nitrogen and oxygen atoms in total. The number of phenolic OH excluding ortho intramolecular Hbond substituents is 1. The third-order valence-corrected chi connectivity index (χ3v) is 3.92. The SMILES string of the molecule is CCCCc1cccc2c1C(c1ccc(O)cc1)C(=O)O2. The summed E-state index contributed by atoms with van der Waals surface area (Å²) >= 11 is 0. The average Bonchev–Trinajstić information content (AvgIpc) is 2.82. The van der Waals surface area contributed by atoms with Crippen LogP contribution in [0.5, 0.6) is 11.5 Å². The summed E-state index contributed by atoms with van der Waals surface area (Å²) in [5.74, 6) is 0.254. The molecule has 3 rings (SSSR count). The van der Waals surface area contributed by atoms with Crippen molar-refractivity contribution < 1.29 is 14.6 Å². The van der Waals surface area contributed by atoms with E-state index in [1.807, 2.05) is 12.1 Å². The number of phenols is 1. The molecule has 0 fully saturated rings. The summed E-state index contributed by atoms with van der Waals surface area (Å²) in [7, 11) is 0. The van der Waals surface area contributed by atoms with Crippen LogP contribution in [0.3, 0.4) is 0 Å². The number of fused-ring (bicyclic) bond motifs is 1. The Morgan fingerprint density at radius 2 is 1.90 bits per heavy atom.